The van der Waals surface area contributed by atoms with Gasteiger partial charge in [-0.05, 0) is 18.3 Å². The zero-order valence-corrected chi connectivity index (χ0v) is 10.6. The van der Waals surface area contributed by atoms with E-state index in [-0.39, 0.29) is 23.5 Å². The number of nitro groups is 1. The van der Waals surface area contributed by atoms with Crippen LogP contribution in [0.3, 0.4) is 0 Å². The average molecular weight is 267 g/mol. The van der Waals surface area contributed by atoms with Gasteiger partial charge in [0.2, 0.25) is 0 Å². The number of nitro benzene ring substituents is 1. The number of carbonyl (C=O) groups is 1. The first-order valence-corrected chi connectivity index (χ1v) is 5.69. The summed E-state index contributed by atoms with van der Waals surface area (Å²) in [6, 6.07) is 5.91. The molecule has 0 spiro atoms. The first-order valence-electron chi connectivity index (χ1n) is 5.28. The molecule has 18 heavy (non-hydrogen) atoms. The molecule has 1 rings (SSSR count). The van der Waals surface area contributed by atoms with Crippen LogP contribution in [0, 0.1) is 10.1 Å². The maximum atomic E-state index is 11.8. The van der Waals surface area contributed by atoms with E-state index in [4.69, 9.17) is 12.2 Å². The van der Waals surface area contributed by atoms with E-state index in [0.717, 1.165) is 0 Å². The molecule has 0 fully saturated rings. The van der Waals surface area contributed by atoms with E-state index in [1.807, 2.05) is 0 Å². The molecule has 7 heteroatoms. The molecule has 0 bridgehead atoms. The fraction of sp³-hybridized carbons (Fsp3) is 0.273. The number of thiocarbonyl (C=S) groups is 1. The molecular weight excluding hydrogens is 254 g/mol. The predicted octanol–water partition coefficient (Wildman–Crippen LogP) is 1.26. The summed E-state index contributed by atoms with van der Waals surface area (Å²) in [5.41, 5.74) is -0.0432. The van der Waals surface area contributed by atoms with Crippen LogP contribution < -0.4 is 10.6 Å². The predicted molar refractivity (Wildman–Crippen MR) is 71.7 cm³/mol. The Morgan fingerprint density at radius 2 is 2.11 bits per heavy atom. The molecule has 2 N–H and O–H groups in total. The molecule has 6 nitrogen and oxygen atoms in total. The van der Waals surface area contributed by atoms with Crippen molar-refractivity contribution in [1.29, 1.82) is 0 Å². The van der Waals surface area contributed by atoms with E-state index < -0.39 is 4.92 Å². The van der Waals surface area contributed by atoms with E-state index in [2.05, 4.69) is 10.6 Å². The van der Waals surface area contributed by atoms with Crippen molar-refractivity contribution in [3.05, 3.63) is 39.9 Å². The van der Waals surface area contributed by atoms with E-state index in [0.29, 0.717) is 11.7 Å². The van der Waals surface area contributed by atoms with Crippen molar-refractivity contribution in [2.75, 3.05) is 13.6 Å². The molecule has 0 saturated carbocycles. The van der Waals surface area contributed by atoms with Crippen LogP contribution in [0.25, 0.3) is 0 Å². The van der Waals surface area contributed by atoms with Gasteiger partial charge in [0.25, 0.3) is 5.69 Å². The highest BCUT2D eigenvalue weighted by Gasteiger charge is 2.18. The Labute approximate surface area is 110 Å². The summed E-state index contributed by atoms with van der Waals surface area (Å²) in [7, 11) is 1.67. The van der Waals surface area contributed by atoms with Gasteiger partial charge in [0.15, 0.2) is 10.9 Å². The smallest absolute Gasteiger partial charge is 0.280 e. The molecule has 0 saturated heterocycles. The molecule has 0 amide bonds. The maximum Gasteiger partial charge on any atom is 0.280 e. The Morgan fingerprint density at radius 1 is 1.44 bits per heavy atom. The van der Waals surface area contributed by atoms with Crippen LogP contribution in [0.2, 0.25) is 0 Å². The largest absolute Gasteiger partial charge is 0.366 e. The van der Waals surface area contributed by atoms with Crippen molar-refractivity contribution < 1.29 is 9.72 Å². The summed E-state index contributed by atoms with van der Waals surface area (Å²) in [5, 5.41) is 16.7. The minimum Gasteiger partial charge on any atom is -0.366 e. The summed E-state index contributed by atoms with van der Waals surface area (Å²) in [6.45, 7) is 0.338. The fourth-order valence-corrected chi connectivity index (χ4v) is 1.48. The quantitative estimate of drug-likeness (QED) is 0.361. The third-order valence-corrected chi connectivity index (χ3v) is 2.61. The minimum atomic E-state index is -0.557. The molecule has 0 atom stereocenters. The van der Waals surface area contributed by atoms with Gasteiger partial charge >= 0.3 is 0 Å². The monoisotopic (exact) mass is 267 g/mol. The van der Waals surface area contributed by atoms with Crippen molar-refractivity contribution in [2.45, 2.75) is 6.42 Å². The Morgan fingerprint density at radius 3 is 2.72 bits per heavy atom. The summed E-state index contributed by atoms with van der Waals surface area (Å²) in [6.07, 6.45) is 0.146. The number of para-hydroxylation sites is 1. The first-order chi connectivity index (χ1) is 8.56. The number of hydrogen-bond acceptors (Lipinski definition) is 4. The SMILES string of the molecule is CNC(=S)NCCC(=O)c1ccccc1[N+](=O)[O-]. The Balaban J connectivity index is 2.67. The van der Waals surface area contributed by atoms with Crippen molar-refractivity contribution in [2.24, 2.45) is 0 Å². The third-order valence-electron chi connectivity index (χ3n) is 2.27. The van der Waals surface area contributed by atoms with Crippen LogP contribution in [0.4, 0.5) is 5.69 Å². The highest BCUT2D eigenvalue weighted by molar-refractivity contribution is 7.80. The van der Waals surface area contributed by atoms with Crippen LogP contribution >= 0.6 is 12.2 Å². The van der Waals surface area contributed by atoms with Crippen molar-refractivity contribution in [3.8, 4) is 0 Å². The molecule has 96 valence electrons. The highest BCUT2D eigenvalue weighted by Crippen LogP contribution is 2.18. The van der Waals surface area contributed by atoms with Gasteiger partial charge in [0, 0.05) is 26.1 Å². The van der Waals surface area contributed by atoms with E-state index in [1.54, 1.807) is 13.1 Å². The molecule has 0 heterocycles. The van der Waals surface area contributed by atoms with Crippen LogP contribution in [-0.2, 0) is 0 Å². The van der Waals surface area contributed by atoms with Crippen molar-refractivity contribution in [3.63, 3.8) is 0 Å². The van der Waals surface area contributed by atoms with Gasteiger partial charge in [-0.2, -0.15) is 0 Å². The number of hydrogen-bond donors (Lipinski definition) is 2. The highest BCUT2D eigenvalue weighted by atomic mass is 32.1. The maximum absolute atomic E-state index is 11.8. The van der Waals surface area contributed by atoms with Gasteiger partial charge in [-0.15, -0.1) is 0 Å². The molecule has 0 aliphatic heterocycles. The van der Waals surface area contributed by atoms with Crippen LogP contribution in [0.15, 0.2) is 24.3 Å². The summed E-state index contributed by atoms with van der Waals surface area (Å²) < 4.78 is 0. The zero-order chi connectivity index (χ0) is 13.5. The summed E-state index contributed by atoms with van der Waals surface area (Å²) in [4.78, 5) is 22.0. The second kappa shape index (κ2) is 6.65. The zero-order valence-electron chi connectivity index (χ0n) is 9.80. The third kappa shape index (κ3) is 3.77. The second-order valence-electron chi connectivity index (χ2n) is 3.45. The van der Waals surface area contributed by atoms with Gasteiger partial charge in [-0.3, -0.25) is 14.9 Å². The number of Topliss-reactive ketones (excluding diaryl/α,β-unsaturated/α-hetero) is 1. The molecule has 0 unspecified atom stereocenters. The summed E-state index contributed by atoms with van der Waals surface area (Å²) >= 11 is 4.85. The fourth-order valence-electron chi connectivity index (χ4n) is 1.38. The van der Waals surface area contributed by atoms with Crippen molar-refractivity contribution in [1.82, 2.24) is 10.6 Å². The molecule has 0 aromatic heterocycles. The van der Waals surface area contributed by atoms with Gasteiger partial charge in [-0.1, -0.05) is 12.1 Å². The van der Waals surface area contributed by atoms with E-state index in [1.165, 1.54) is 18.2 Å². The average Bonchev–Trinajstić information content (AvgIpc) is 2.38. The lowest BCUT2D eigenvalue weighted by molar-refractivity contribution is -0.385. The molecule has 1 aromatic carbocycles. The molecule has 0 radical (unpaired) electrons. The Hall–Kier alpha value is -2.02. The Kier molecular flexibility index (Phi) is 5.19. The normalized spacial score (nSPS) is 9.61. The standard InChI is InChI=1S/C11H13N3O3S/c1-12-11(18)13-7-6-10(15)8-4-2-3-5-9(8)14(16)17/h2-5H,6-7H2,1H3,(H2,12,13,18). The van der Waals surface area contributed by atoms with Gasteiger partial charge in [-0.25, -0.2) is 0 Å². The van der Waals surface area contributed by atoms with Crippen LogP contribution in [0.1, 0.15) is 16.8 Å². The van der Waals surface area contributed by atoms with E-state index in [9.17, 15) is 14.9 Å². The van der Waals surface area contributed by atoms with Crippen molar-refractivity contribution >= 4 is 28.8 Å². The second-order valence-corrected chi connectivity index (χ2v) is 3.86. The molecular formula is C11H13N3O3S. The number of benzene rings is 1. The number of rotatable bonds is 5. The van der Waals surface area contributed by atoms with Gasteiger partial charge < -0.3 is 10.6 Å². The number of carbonyl (C=O) groups excluding carboxylic acids is 1. The molecule has 0 aliphatic carbocycles. The number of nitrogens with zero attached hydrogens (tertiary/aromatic N) is 1. The Bertz CT molecular complexity index is 476. The lowest BCUT2D eigenvalue weighted by Crippen LogP contribution is -2.33. The number of ketones is 1. The lowest BCUT2D eigenvalue weighted by atomic mass is 10.1. The lowest BCUT2D eigenvalue weighted by Gasteiger charge is -2.06. The first kappa shape index (κ1) is 14.0. The summed E-state index contributed by atoms with van der Waals surface area (Å²) in [5.74, 6) is -0.284. The molecule has 0 aliphatic rings. The van der Waals surface area contributed by atoms with Gasteiger partial charge in [0.1, 0.15) is 0 Å². The topological polar surface area (TPSA) is 84.3 Å². The van der Waals surface area contributed by atoms with Crippen LogP contribution in [-0.4, -0.2) is 29.4 Å². The molecule has 1 aromatic rings. The van der Waals surface area contributed by atoms with Gasteiger partial charge in [0.05, 0.1) is 10.5 Å². The number of nitrogens with one attached hydrogen (secondary N) is 2. The van der Waals surface area contributed by atoms with Crippen LogP contribution in [0.5, 0.6) is 0 Å². The minimum absolute atomic E-state index is 0.125. The van der Waals surface area contributed by atoms with E-state index >= 15 is 0 Å².